The van der Waals surface area contributed by atoms with E-state index in [1.165, 1.54) is 42.5 Å². The molecule has 3 rings (SSSR count). The molecule has 1 heterocycles. The third-order valence-electron chi connectivity index (χ3n) is 4.02. The first-order chi connectivity index (χ1) is 13.3. The van der Waals surface area contributed by atoms with Crippen molar-refractivity contribution < 1.29 is 27.1 Å². The molecule has 10 heteroatoms. The summed E-state index contributed by atoms with van der Waals surface area (Å²) in [6.45, 7) is 0.104. The van der Waals surface area contributed by atoms with Gasteiger partial charge in [-0.15, -0.1) is 4.83 Å². The van der Waals surface area contributed by atoms with E-state index in [4.69, 9.17) is 4.74 Å². The van der Waals surface area contributed by atoms with Crippen molar-refractivity contribution in [2.45, 2.75) is 17.7 Å². The van der Waals surface area contributed by atoms with Crippen LogP contribution in [0.25, 0.3) is 0 Å². The standard InChI is InChI=1S/C18H18FN3O5S/c19-13-3-1-4-15(11-13)27-12-17(23)20-21-28(25,26)16-8-6-14(7-9-16)22-10-2-5-18(22)24/h1,3-4,6-9,11,21H,2,5,10,12H2,(H,20,23). The van der Waals surface area contributed by atoms with Gasteiger partial charge in [-0.2, -0.15) is 0 Å². The Morgan fingerprint density at radius 2 is 1.93 bits per heavy atom. The third-order valence-corrected chi connectivity index (χ3v) is 5.29. The minimum absolute atomic E-state index is 0.000655. The highest BCUT2D eigenvalue weighted by atomic mass is 32.2. The van der Waals surface area contributed by atoms with Crippen LogP contribution in [0, 0.1) is 5.82 Å². The van der Waals surface area contributed by atoms with Gasteiger partial charge in [0.15, 0.2) is 6.61 Å². The number of nitrogens with one attached hydrogen (secondary N) is 2. The topological polar surface area (TPSA) is 105 Å². The molecule has 0 aliphatic carbocycles. The van der Waals surface area contributed by atoms with Gasteiger partial charge >= 0.3 is 0 Å². The molecule has 1 aliphatic heterocycles. The zero-order valence-electron chi connectivity index (χ0n) is 14.7. The highest BCUT2D eigenvalue weighted by molar-refractivity contribution is 7.89. The number of halogens is 1. The molecule has 0 aromatic heterocycles. The Hall–Kier alpha value is -2.98. The van der Waals surface area contributed by atoms with E-state index in [2.05, 4.69) is 0 Å². The Bertz CT molecular complexity index is 979. The van der Waals surface area contributed by atoms with Gasteiger partial charge in [0, 0.05) is 24.7 Å². The van der Waals surface area contributed by atoms with Crippen molar-refractivity contribution in [3.63, 3.8) is 0 Å². The van der Waals surface area contributed by atoms with Crippen molar-refractivity contribution in [2.75, 3.05) is 18.1 Å². The second kappa shape index (κ2) is 8.36. The summed E-state index contributed by atoms with van der Waals surface area (Å²) < 4.78 is 42.6. The molecule has 0 radical (unpaired) electrons. The van der Waals surface area contributed by atoms with E-state index in [0.717, 1.165) is 12.5 Å². The summed E-state index contributed by atoms with van der Waals surface area (Å²) >= 11 is 0. The van der Waals surface area contributed by atoms with Crippen LogP contribution >= 0.6 is 0 Å². The molecular formula is C18H18FN3O5S. The molecule has 2 N–H and O–H groups in total. The molecule has 2 amide bonds. The minimum Gasteiger partial charge on any atom is -0.484 e. The Balaban J connectivity index is 1.54. The molecule has 0 atom stereocenters. The highest BCUT2D eigenvalue weighted by Crippen LogP contribution is 2.22. The van der Waals surface area contributed by atoms with E-state index in [1.807, 2.05) is 10.3 Å². The van der Waals surface area contributed by atoms with Crippen LogP contribution in [-0.2, 0) is 19.6 Å². The second-order valence-corrected chi connectivity index (χ2v) is 7.72. The molecular weight excluding hydrogens is 389 g/mol. The maximum absolute atomic E-state index is 13.0. The predicted octanol–water partition coefficient (Wildman–Crippen LogP) is 1.34. The summed E-state index contributed by atoms with van der Waals surface area (Å²) in [7, 11) is -4.00. The first-order valence-corrected chi connectivity index (χ1v) is 9.93. The quantitative estimate of drug-likeness (QED) is 0.674. The largest absolute Gasteiger partial charge is 0.484 e. The van der Waals surface area contributed by atoms with Gasteiger partial charge in [0.05, 0.1) is 4.90 Å². The van der Waals surface area contributed by atoms with Gasteiger partial charge in [0.1, 0.15) is 11.6 Å². The summed E-state index contributed by atoms with van der Waals surface area (Å²) in [4.78, 5) is 27.0. The van der Waals surface area contributed by atoms with E-state index in [0.29, 0.717) is 18.7 Å². The highest BCUT2D eigenvalue weighted by Gasteiger charge is 2.22. The van der Waals surface area contributed by atoms with Crippen LogP contribution in [0.3, 0.4) is 0 Å². The molecule has 0 saturated carbocycles. The lowest BCUT2D eigenvalue weighted by Crippen LogP contribution is -2.43. The lowest BCUT2D eigenvalue weighted by molar-refractivity contribution is -0.123. The van der Waals surface area contributed by atoms with Crippen molar-refractivity contribution in [3.05, 3.63) is 54.3 Å². The maximum atomic E-state index is 13.0. The Labute approximate surface area is 161 Å². The van der Waals surface area contributed by atoms with Gasteiger partial charge in [0.25, 0.3) is 15.9 Å². The minimum atomic E-state index is -4.00. The molecule has 1 fully saturated rings. The number of carbonyl (C=O) groups excluding carboxylic acids is 2. The average molecular weight is 407 g/mol. The summed E-state index contributed by atoms with van der Waals surface area (Å²) in [6, 6.07) is 11.0. The van der Waals surface area contributed by atoms with Crippen molar-refractivity contribution in [2.24, 2.45) is 0 Å². The fraction of sp³-hybridized carbons (Fsp3) is 0.222. The van der Waals surface area contributed by atoms with Crippen LogP contribution in [0.1, 0.15) is 12.8 Å². The summed E-state index contributed by atoms with van der Waals surface area (Å²) in [6.07, 6.45) is 1.25. The van der Waals surface area contributed by atoms with Gasteiger partial charge in [-0.3, -0.25) is 15.0 Å². The van der Waals surface area contributed by atoms with E-state index in [9.17, 15) is 22.4 Å². The summed E-state index contributed by atoms with van der Waals surface area (Å²) in [5.74, 6) is -1.13. The predicted molar refractivity (Wildman–Crippen MR) is 98.4 cm³/mol. The Morgan fingerprint density at radius 3 is 2.57 bits per heavy atom. The summed E-state index contributed by atoms with van der Waals surface area (Å²) in [5, 5.41) is 0. The molecule has 2 aromatic carbocycles. The van der Waals surface area contributed by atoms with E-state index < -0.39 is 28.4 Å². The van der Waals surface area contributed by atoms with Crippen molar-refractivity contribution in [3.8, 4) is 5.75 Å². The van der Waals surface area contributed by atoms with Gasteiger partial charge in [-0.1, -0.05) is 6.07 Å². The van der Waals surface area contributed by atoms with Crippen LogP contribution in [0.5, 0.6) is 5.75 Å². The SMILES string of the molecule is O=C(COc1cccc(F)c1)NNS(=O)(=O)c1ccc(N2CCCC2=O)cc1. The average Bonchev–Trinajstić information content (AvgIpc) is 3.11. The number of anilines is 1. The number of hydrogen-bond acceptors (Lipinski definition) is 5. The first-order valence-electron chi connectivity index (χ1n) is 8.44. The number of ether oxygens (including phenoxy) is 1. The molecule has 0 spiro atoms. The summed E-state index contributed by atoms with van der Waals surface area (Å²) in [5.41, 5.74) is 2.64. The zero-order valence-corrected chi connectivity index (χ0v) is 15.5. The number of hydrogen-bond donors (Lipinski definition) is 2. The molecule has 2 aromatic rings. The molecule has 148 valence electrons. The van der Waals surface area contributed by atoms with Crippen molar-refractivity contribution >= 4 is 27.5 Å². The van der Waals surface area contributed by atoms with Crippen molar-refractivity contribution in [1.82, 2.24) is 10.3 Å². The number of amides is 2. The molecule has 8 nitrogen and oxygen atoms in total. The number of nitrogens with zero attached hydrogens (tertiary/aromatic N) is 1. The van der Waals surface area contributed by atoms with E-state index in [-0.39, 0.29) is 16.6 Å². The maximum Gasteiger partial charge on any atom is 0.272 e. The lowest BCUT2D eigenvalue weighted by atomic mass is 10.3. The second-order valence-electron chi connectivity index (χ2n) is 6.04. The molecule has 0 bridgehead atoms. The lowest BCUT2D eigenvalue weighted by Gasteiger charge is -2.16. The van der Waals surface area contributed by atoms with Gasteiger partial charge in [0.2, 0.25) is 5.91 Å². The van der Waals surface area contributed by atoms with Gasteiger partial charge in [-0.05, 0) is 42.8 Å². The fourth-order valence-corrected chi connectivity index (χ4v) is 3.51. The Morgan fingerprint density at radius 1 is 1.18 bits per heavy atom. The van der Waals surface area contributed by atoms with Crippen LogP contribution in [0.15, 0.2) is 53.4 Å². The van der Waals surface area contributed by atoms with Crippen LogP contribution in [0.4, 0.5) is 10.1 Å². The smallest absolute Gasteiger partial charge is 0.272 e. The van der Waals surface area contributed by atoms with Crippen LogP contribution in [0.2, 0.25) is 0 Å². The van der Waals surface area contributed by atoms with Gasteiger partial charge in [-0.25, -0.2) is 12.8 Å². The van der Waals surface area contributed by atoms with Gasteiger partial charge < -0.3 is 9.64 Å². The Kier molecular flexibility index (Phi) is 5.90. The number of rotatable bonds is 7. The number of hydrazine groups is 1. The van der Waals surface area contributed by atoms with Crippen LogP contribution < -0.4 is 19.9 Å². The molecule has 28 heavy (non-hydrogen) atoms. The first kappa shape index (κ1) is 19.8. The molecule has 1 aliphatic rings. The fourth-order valence-electron chi connectivity index (χ4n) is 2.65. The number of carbonyl (C=O) groups is 2. The number of benzene rings is 2. The number of sulfonamides is 1. The van der Waals surface area contributed by atoms with Crippen molar-refractivity contribution in [1.29, 1.82) is 0 Å². The van der Waals surface area contributed by atoms with Crippen LogP contribution in [-0.4, -0.2) is 33.4 Å². The zero-order chi connectivity index (χ0) is 20.1. The normalized spacial score (nSPS) is 14.2. The third kappa shape index (κ3) is 4.84. The molecule has 0 unspecified atom stereocenters. The van der Waals surface area contributed by atoms with E-state index in [1.54, 1.807) is 4.90 Å². The monoisotopic (exact) mass is 407 g/mol. The van der Waals surface area contributed by atoms with E-state index >= 15 is 0 Å². The molecule has 1 saturated heterocycles.